The molecule has 0 aliphatic carbocycles. The number of nitrogens with zero attached hydrogens (tertiary/aromatic N) is 3. The summed E-state index contributed by atoms with van der Waals surface area (Å²) in [7, 11) is -3.50. The van der Waals surface area contributed by atoms with Crippen LogP contribution in [0, 0.1) is 0 Å². The van der Waals surface area contributed by atoms with Gasteiger partial charge in [-0.2, -0.15) is 0 Å². The number of carbonyl (C=O) groups excluding carboxylic acids is 1. The molecule has 1 atom stereocenters. The Morgan fingerprint density at radius 2 is 1.76 bits per heavy atom. The topological polar surface area (TPSA) is 60.9 Å². The maximum Gasteiger partial charge on any atom is 0.236 e. The van der Waals surface area contributed by atoms with Crippen molar-refractivity contribution < 1.29 is 13.2 Å². The molecule has 1 aromatic rings. The molecule has 162 valence electrons. The van der Waals surface area contributed by atoms with Crippen LogP contribution in [0.2, 0.25) is 10.0 Å². The molecule has 0 bridgehead atoms. The van der Waals surface area contributed by atoms with Crippen molar-refractivity contribution >= 4 is 38.9 Å². The van der Waals surface area contributed by atoms with Gasteiger partial charge in [-0.15, -0.1) is 0 Å². The van der Waals surface area contributed by atoms with Gasteiger partial charge in [0.1, 0.15) is 0 Å². The molecule has 2 fully saturated rings. The van der Waals surface area contributed by atoms with Crippen molar-refractivity contribution in [3.8, 4) is 0 Å². The SMILES string of the molecule is CC1CCCCN1C(=O)CN1CCN(CCS(=O)(=O)c2cc(Cl)ccc2Cl)CC1. The molecule has 2 heterocycles. The second-order valence-corrected chi connectivity index (χ2v) is 10.9. The van der Waals surface area contributed by atoms with Crippen LogP contribution in [0.1, 0.15) is 26.2 Å². The number of sulfone groups is 1. The second kappa shape index (κ2) is 9.96. The first-order chi connectivity index (χ1) is 13.8. The van der Waals surface area contributed by atoms with Gasteiger partial charge in [-0.1, -0.05) is 23.2 Å². The lowest BCUT2D eigenvalue weighted by Crippen LogP contribution is -2.52. The fourth-order valence-electron chi connectivity index (χ4n) is 4.00. The number of piperidine rings is 1. The predicted octanol–water partition coefficient (Wildman–Crippen LogP) is 2.79. The first kappa shape index (κ1) is 22.8. The fraction of sp³-hybridized carbons (Fsp3) is 0.650. The van der Waals surface area contributed by atoms with Crippen LogP contribution in [0.4, 0.5) is 0 Å². The van der Waals surface area contributed by atoms with Crippen molar-refractivity contribution in [1.82, 2.24) is 14.7 Å². The molecule has 1 aromatic carbocycles. The Kier molecular flexibility index (Phi) is 7.84. The normalized spacial score (nSPS) is 22.0. The molecule has 2 saturated heterocycles. The van der Waals surface area contributed by atoms with Crippen LogP contribution in [0.25, 0.3) is 0 Å². The zero-order chi connectivity index (χ0) is 21.0. The van der Waals surface area contributed by atoms with Gasteiger partial charge in [-0.05, 0) is 44.4 Å². The van der Waals surface area contributed by atoms with Crippen molar-refractivity contribution in [2.24, 2.45) is 0 Å². The van der Waals surface area contributed by atoms with Gasteiger partial charge in [-0.3, -0.25) is 14.6 Å². The van der Waals surface area contributed by atoms with Gasteiger partial charge in [0, 0.05) is 50.3 Å². The van der Waals surface area contributed by atoms with Gasteiger partial charge in [0.15, 0.2) is 9.84 Å². The Hall–Kier alpha value is -0.860. The molecular weight excluding hydrogens is 433 g/mol. The number of likely N-dealkylation sites (tertiary alicyclic amines) is 1. The van der Waals surface area contributed by atoms with Crippen LogP contribution >= 0.6 is 23.2 Å². The smallest absolute Gasteiger partial charge is 0.236 e. The number of hydrogen-bond acceptors (Lipinski definition) is 5. The Morgan fingerprint density at radius 3 is 2.45 bits per heavy atom. The summed E-state index contributed by atoms with van der Waals surface area (Å²) in [5.74, 6) is 0.209. The van der Waals surface area contributed by atoms with Crippen LogP contribution in [0.3, 0.4) is 0 Å². The van der Waals surface area contributed by atoms with Crippen molar-refractivity contribution in [3.05, 3.63) is 28.2 Å². The maximum absolute atomic E-state index is 12.6. The zero-order valence-electron chi connectivity index (χ0n) is 16.8. The summed E-state index contributed by atoms with van der Waals surface area (Å²) in [5.41, 5.74) is 0. The van der Waals surface area contributed by atoms with E-state index in [1.807, 2.05) is 4.90 Å². The van der Waals surface area contributed by atoms with E-state index in [0.717, 1.165) is 45.6 Å². The average molecular weight is 462 g/mol. The Bertz CT molecular complexity index is 826. The number of rotatable bonds is 6. The summed E-state index contributed by atoms with van der Waals surface area (Å²) in [4.78, 5) is 19.0. The molecule has 9 heteroatoms. The van der Waals surface area contributed by atoms with Crippen LogP contribution in [-0.4, -0.2) is 86.6 Å². The largest absolute Gasteiger partial charge is 0.339 e. The van der Waals surface area contributed by atoms with E-state index in [9.17, 15) is 13.2 Å². The Balaban J connectivity index is 1.46. The molecule has 0 saturated carbocycles. The molecule has 29 heavy (non-hydrogen) atoms. The first-order valence-electron chi connectivity index (χ1n) is 10.2. The number of piperazine rings is 1. The summed E-state index contributed by atoms with van der Waals surface area (Å²) in [6.45, 7) is 6.93. The quantitative estimate of drug-likeness (QED) is 0.651. The van der Waals surface area contributed by atoms with Gasteiger partial charge < -0.3 is 4.90 Å². The summed E-state index contributed by atoms with van der Waals surface area (Å²) in [5, 5.41) is 0.555. The van der Waals surface area contributed by atoms with Crippen molar-refractivity contribution in [2.45, 2.75) is 37.1 Å². The summed E-state index contributed by atoms with van der Waals surface area (Å²) in [6, 6.07) is 4.83. The highest BCUT2D eigenvalue weighted by Crippen LogP contribution is 2.26. The summed E-state index contributed by atoms with van der Waals surface area (Å²) in [6.07, 6.45) is 3.38. The molecule has 0 aromatic heterocycles. The number of amides is 1. The lowest BCUT2D eigenvalue weighted by Gasteiger charge is -2.38. The molecule has 0 spiro atoms. The Labute approximate surface area is 183 Å². The van der Waals surface area contributed by atoms with Crippen molar-refractivity contribution in [1.29, 1.82) is 0 Å². The predicted molar refractivity (Wildman–Crippen MR) is 116 cm³/mol. The second-order valence-electron chi connectivity index (χ2n) is 7.94. The molecular formula is C20H29Cl2N3O3S. The van der Waals surface area contributed by atoms with Crippen LogP contribution in [-0.2, 0) is 14.6 Å². The minimum absolute atomic E-state index is 0.00269. The van der Waals surface area contributed by atoms with E-state index in [1.165, 1.54) is 18.6 Å². The Morgan fingerprint density at radius 1 is 1.07 bits per heavy atom. The van der Waals surface area contributed by atoms with E-state index in [2.05, 4.69) is 16.7 Å². The number of benzene rings is 1. The minimum atomic E-state index is -3.50. The monoisotopic (exact) mass is 461 g/mol. The highest BCUT2D eigenvalue weighted by atomic mass is 35.5. The van der Waals surface area contributed by atoms with Gasteiger partial charge in [0.25, 0.3) is 0 Å². The summed E-state index contributed by atoms with van der Waals surface area (Å²) >= 11 is 12.0. The highest BCUT2D eigenvalue weighted by molar-refractivity contribution is 7.91. The maximum atomic E-state index is 12.6. The third-order valence-corrected chi connectivity index (χ3v) is 8.26. The van der Waals surface area contributed by atoms with Crippen LogP contribution in [0.15, 0.2) is 23.1 Å². The van der Waals surface area contributed by atoms with Crippen LogP contribution in [0.5, 0.6) is 0 Å². The van der Waals surface area contributed by atoms with Gasteiger partial charge in [-0.25, -0.2) is 8.42 Å². The zero-order valence-corrected chi connectivity index (χ0v) is 19.1. The van der Waals surface area contributed by atoms with E-state index in [1.54, 1.807) is 6.07 Å². The number of hydrogen-bond donors (Lipinski definition) is 0. The number of carbonyl (C=O) groups is 1. The van der Waals surface area contributed by atoms with Crippen molar-refractivity contribution in [2.75, 3.05) is 51.6 Å². The molecule has 6 nitrogen and oxygen atoms in total. The van der Waals surface area contributed by atoms with E-state index in [-0.39, 0.29) is 21.6 Å². The van der Waals surface area contributed by atoms with Gasteiger partial charge in [0.05, 0.1) is 22.2 Å². The van der Waals surface area contributed by atoms with Crippen LogP contribution < -0.4 is 0 Å². The van der Waals surface area contributed by atoms with E-state index < -0.39 is 9.84 Å². The lowest BCUT2D eigenvalue weighted by atomic mass is 10.0. The highest BCUT2D eigenvalue weighted by Gasteiger charge is 2.27. The van der Waals surface area contributed by atoms with E-state index in [0.29, 0.717) is 24.2 Å². The van der Waals surface area contributed by atoms with Gasteiger partial charge >= 0.3 is 0 Å². The lowest BCUT2D eigenvalue weighted by molar-refractivity contribution is -0.136. The molecule has 1 unspecified atom stereocenters. The molecule has 0 N–H and O–H groups in total. The van der Waals surface area contributed by atoms with Gasteiger partial charge in [0.2, 0.25) is 5.91 Å². The number of halogens is 2. The molecule has 3 rings (SSSR count). The minimum Gasteiger partial charge on any atom is -0.339 e. The molecule has 2 aliphatic rings. The third-order valence-electron chi connectivity index (χ3n) is 5.85. The van der Waals surface area contributed by atoms with E-state index >= 15 is 0 Å². The van der Waals surface area contributed by atoms with E-state index in [4.69, 9.17) is 23.2 Å². The third kappa shape index (κ3) is 6.07. The summed E-state index contributed by atoms with van der Waals surface area (Å²) < 4.78 is 25.3. The standard InChI is InChI=1S/C20H29Cl2N3O3S/c1-16-4-2-3-7-25(16)20(26)15-24-10-8-23(9-11-24)12-13-29(27,28)19-14-17(21)5-6-18(19)22/h5-6,14,16H,2-4,7-13,15H2,1H3. The first-order valence-corrected chi connectivity index (χ1v) is 12.6. The van der Waals surface area contributed by atoms with Crippen molar-refractivity contribution in [3.63, 3.8) is 0 Å². The molecule has 0 radical (unpaired) electrons. The fourth-order valence-corrected chi connectivity index (χ4v) is 6.09. The average Bonchev–Trinajstić information content (AvgIpc) is 2.69. The molecule has 2 aliphatic heterocycles. The molecule has 1 amide bonds.